The molecule has 0 heterocycles. The van der Waals surface area contributed by atoms with Gasteiger partial charge in [-0.05, 0) is 25.8 Å². The van der Waals surface area contributed by atoms with Crippen LogP contribution in [0.25, 0.3) is 0 Å². The highest BCUT2D eigenvalue weighted by Crippen LogP contribution is 2.44. The molecule has 2 N–H and O–H groups in total. The molecule has 2 heteroatoms. The number of nitrogens with two attached hydrogens (primary N) is 1. The van der Waals surface area contributed by atoms with Gasteiger partial charge in [-0.15, -0.1) is 0 Å². The molecule has 0 atom stereocenters. The summed E-state index contributed by atoms with van der Waals surface area (Å²) in [4.78, 5) is 0. The van der Waals surface area contributed by atoms with Crippen molar-refractivity contribution in [2.24, 2.45) is 5.73 Å². The number of benzene rings is 1. The van der Waals surface area contributed by atoms with Gasteiger partial charge >= 0.3 is 0 Å². The summed E-state index contributed by atoms with van der Waals surface area (Å²) in [5.41, 5.74) is 8.79. The van der Waals surface area contributed by atoms with Crippen LogP contribution < -0.4 is 10.5 Å². The third-order valence-electron chi connectivity index (χ3n) is 3.88. The van der Waals surface area contributed by atoms with E-state index < -0.39 is 0 Å². The molecule has 1 aromatic rings. The van der Waals surface area contributed by atoms with Gasteiger partial charge in [-0.25, -0.2) is 0 Å². The molecule has 1 aliphatic carbocycles. The minimum atomic E-state index is 0.164. The van der Waals surface area contributed by atoms with Crippen molar-refractivity contribution in [1.82, 2.24) is 0 Å². The molecule has 1 fully saturated rings. The fraction of sp³-hybridized carbons (Fsp3) is 0.571. The van der Waals surface area contributed by atoms with Crippen LogP contribution in [0.4, 0.5) is 0 Å². The summed E-state index contributed by atoms with van der Waals surface area (Å²) < 4.78 is 5.48. The van der Waals surface area contributed by atoms with Crippen LogP contribution in [0, 0.1) is 6.92 Å². The topological polar surface area (TPSA) is 35.2 Å². The maximum Gasteiger partial charge on any atom is 0.122 e. The van der Waals surface area contributed by atoms with E-state index in [2.05, 4.69) is 25.1 Å². The zero-order valence-electron chi connectivity index (χ0n) is 10.3. The van der Waals surface area contributed by atoms with Crippen LogP contribution in [-0.2, 0) is 5.41 Å². The smallest absolute Gasteiger partial charge is 0.122 e. The number of hydrogen-bond donors (Lipinski definition) is 1. The maximum atomic E-state index is 6.02. The maximum absolute atomic E-state index is 6.02. The van der Waals surface area contributed by atoms with Crippen molar-refractivity contribution >= 4 is 0 Å². The van der Waals surface area contributed by atoms with Gasteiger partial charge in [0.05, 0.1) is 7.11 Å². The lowest BCUT2D eigenvalue weighted by Crippen LogP contribution is -2.32. The second-order valence-corrected chi connectivity index (χ2v) is 4.90. The van der Waals surface area contributed by atoms with Gasteiger partial charge in [-0.1, -0.05) is 30.5 Å². The third kappa shape index (κ3) is 1.82. The Labute approximate surface area is 97.8 Å². The van der Waals surface area contributed by atoms with Gasteiger partial charge in [0, 0.05) is 17.5 Å². The van der Waals surface area contributed by atoms with Gasteiger partial charge in [0.15, 0.2) is 0 Å². The molecule has 1 aromatic carbocycles. The van der Waals surface area contributed by atoms with E-state index in [0.29, 0.717) is 0 Å². The number of methoxy groups -OCH3 is 1. The van der Waals surface area contributed by atoms with E-state index in [9.17, 15) is 0 Å². The molecule has 1 aliphatic rings. The van der Waals surface area contributed by atoms with E-state index in [1.807, 2.05) is 0 Å². The van der Waals surface area contributed by atoms with Crippen LogP contribution in [-0.4, -0.2) is 13.7 Å². The van der Waals surface area contributed by atoms with Gasteiger partial charge in [0.1, 0.15) is 5.75 Å². The largest absolute Gasteiger partial charge is 0.496 e. The summed E-state index contributed by atoms with van der Waals surface area (Å²) in [6, 6.07) is 6.42. The second kappa shape index (κ2) is 4.46. The lowest BCUT2D eigenvalue weighted by atomic mass is 9.78. The monoisotopic (exact) mass is 219 g/mol. The summed E-state index contributed by atoms with van der Waals surface area (Å²) >= 11 is 0. The Morgan fingerprint density at radius 2 is 2.00 bits per heavy atom. The summed E-state index contributed by atoms with van der Waals surface area (Å²) in [5, 5.41) is 0. The highest BCUT2D eigenvalue weighted by Gasteiger charge is 2.36. The molecule has 16 heavy (non-hydrogen) atoms. The Balaban J connectivity index is 2.47. The van der Waals surface area contributed by atoms with E-state index in [-0.39, 0.29) is 5.41 Å². The predicted octanol–water partition coefficient (Wildman–Crippen LogP) is 2.77. The summed E-state index contributed by atoms with van der Waals surface area (Å²) in [5.74, 6) is 0.998. The SMILES string of the molecule is COc1ccc(C)cc1C1(CN)CCCC1. The number of ether oxygens (including phenoxy) is 1. The van der Waals surface area contributed by atoms with E-state index in [1.54, 1.807) is 7.11 Å². The van der Waals surface area contributed by atoms with Gasteiger partial charge in [-0.2, -0.15) is 0 Å². The van der Waals surface area contributed by atoms with E-state index >= 15 is 0 Å². The van der Waals surface area contributed by atoms with Gasteiger partial charge in [-0.3, -0.25) is 0 Å². The molecule has 2 nitrogen and oxygen atoms in total. The third-order valence-corrected chi connectivity index (χ3v) is 3.88. The van der Waals surface area contributed by atoms with Gasteiger partial charge < -0.3 is 10.5 Å². The normalized spacial score (nSPS) is 18.7. The van der Waals surface area contributed by atoms with Crippen molar-refractivity contribution in [3.63, 3.8) is 0 Å². The molecule has 0 saturated heterocycles. The Hall–Kier alpha value is -1.02. The highest BCUT2D eigenvalue weighted by molar-refractivity contribution is 5.43. The fourth-order valence-corrected chi connectivity index (χ4v) is 2.87. The molecule has 2 rings (SSSR count). The number of rotatable bonds is 3. The van der Waals surface area contributed by atoms with E-state index in [1.165, 1.54) is 36.8 Å². The predicted molar refractivity (Wildman–Crippen MR) is 66.9 cm³/mol. The highest BCUT2D eigenvalue weighted by atomic mass is 16.5. The van der Waals surface area contributed by atoms with Crippen molar-refractivity contribution in [3.05, 3.63) is 29.3 Å². The molecule has 0 spiro atoms. The first-order valence-electron chi connectivity index (χ1n) is 6.07. The Morgan fingerprint density at radius 1 is 1.31 bits per heavy atom. The molecule has 88 valence electrons. The first kappa shape index (κ1) is 11.5. The Kier molecular flexibility index (Phi) is 3.20. The van der Waals surface area contributed by atoms with Crippen LogP contribution in [0.15, 0.2) is 18.2 Å². The Morgan fingerprint density at radius 3 is 2.56 bits per heavy atom. The molecule has 0 radical (unpaired) electrons. The average molecular weight is 219 g/mol. The van der Waals surface area contributed by atoms with Gasteiger partial charge in [0.25, 0.3) is 0 Å². The molecule has 0 aromatic heterocycles. The van der Waals surface area contributed by atoms with Crippen molar-refractivity contribution < 1.29 is 4.74 Å². The van der Waals surface area contributed by atoms with Crippen LogP contribution in [0.3, 0.4) is 0 Å². The van der Waals surface area contributed by atoms with Crippen molar-refractivity contribution in [1.29, 1.82) is 0 Å². The lowest BCUT2D eigenvalue weighted by Gasteiger charge is -2.29. The lowest BCUT2D eigenvalue weighted by molar-refractivity contribution is 0.377. The van der Waals surface area contributed by atoms with Crippen molar-refractivity contribution in [3.8, 4) is 5.75 Å². The van der Waals surface area contributed by atoms with E-state index in [4.69, 9.17) is 10.5 Å². The van der Waals surface area contributed by atoms with Crippen molar-refractivity contribution in [2.75, 3.05) is 13.7 Å². The second-order valence-electron chi connectivity index (χ2n) is 4.90. The van der Waals surface area contributed by atoms with Crippen molar-refractivity contribution in [2.45, 2.75) is 38.0 Å². The summed E-state index contributed by atoms with van der Waals surface area (Å²) in [6.07, 6.45) is 4.97. The minimum Gasteiger partial charge on any atom is -0.496 e. The Bertz CT molecular complexity index is 367. The van der Waals surface area contributed by atoms with Gasteiger partial charge in [0.2, 0.25) is 0 Å². The standard InChI is InChI=1S/C14H21NO/c1-11-5-6-13(16-2)12(9-11)14(10-15)7-3-4-8-14/h5-6,9H,3-4,7-8,10,15H2,1-2H3. The zero-order chi connectivity index (χ0) is 11.6. The van der Waals surface area contributed by atoms with Crippen LogP contribution in [0.5, 0.6) is 5.75 Å². The molecule has 0 unspecified atom stereocenters. The van der Waals surface area contributed by atoms with Crippen LogP contribution in [0.1, 0.15) is 36.8 Å². The van der Waals surface area contributed by atoms with Crippen LogP contribution >= 0.6 is 0 Å². The first-order valence-corrected chi connectivity index (χ1v) is 6.07. The molecular formula is C14H21NO. The molecule has 0 bridgehead atoms. The fourth-order valence-electron chi connectivity index (χ4n) is 2.87. The number of aryl methyl sites for hydroxylation is 1. The average Bonchev–Trinajstić information content (AvgIpc) is 2.78. The van der Waals surface area contributed by atoms with Crippen LogP contribution in [0.2, 0.25) is 0 Å². The quantitative estimate of drug-likeness (QED) is 0.848. The summed E-state index contributed by atoms with van der Waals surface area (Å²) in [6.45, 7) is 2.86. The summed E-state index contributed by atoms with van der Waals surface area (Å²) in [7, 11) is 1.74. The molecule has 0 aliphatic heterocycles. The zero-order valence-corrected chi connectivity index (χ0v) is 10.3. The molecular weight excluding hydrogens is 198 g/mol. The minimum absolute atomic E-state index is 0.164. The van der Waals surface area contributed by atoms with E-state index in [0.717, 1.165) is 12.3 Å². The molecule has 0 amide bonds. The first-order chi connectivity index (χ1) is 7.72. The molecule has 1 saturated carbocycles. The number of hydrogen-bond acceptors (Lipinski definition) is 2.